The number of hydrogen-bond donors (Lipinski definition) is 2. The van der Waals surface area contributed by atoms with Crippen LogP contribution in [0.4, 0.5) is 11.4 Å². The summed E-state index contributed by atoms with van der Waals surface area (Å²) in [6.07, 6.45) is 4.99. The van der Waals surface area contributed by atoms with E-state index in [1.54, 1.807) is 42.1 Å². The molecule has 0 saturated carbocycles. The average Bonchev–Trinajstić information content (AvgIpc) is 2.93. The Bertz CT molecular complexity index is 857. The van der Waals surface area contributed by atoms with Gasteiger partial charge in [0.1, 0.15) is 0 Å². The van der Waals surface area contributed by atoms with Gasteiger partial charge >= 0.3 is 0 Å². The number of rotatable bonds is 7. The summed E-state index contributed by atoms with van der Waals surface area (Å²) in [5.74, 6) is 0.0384. The van der Waals surface area contributed by atoms with Crippen LogP contribution in [0.3, 0.4) is 0 Å². The Morgan fingerprint density at radius 3 is 2.22 bits per heavy atom. The molecule has 1 aromatic heterocycles. The summed E-state index contributed by atoms with van der Waals surface area (Å²) in [5.41, 5.74) is 2.12. The zero-order chi connectivity index (χ0) is 20.2. The van der Waals surface area contributed by atoms with Crippen molar-refractivity contribution in [1.29, 1.82) is 0 Å². The highest BCUT2D eigenvalue weighted by atomic mass is 32.8. The summed E-state index contributed by atoms with van der Waals surface area (Å²) in [4.78, 5) is 28.6. The molecule has 8 heteroatoms. The first-order valence-corrected chi connectivity index (χ1v) is 11.2. The summed E-state index contributed by atoms with van der Waals surface area (Å²) in [6.45, 7) is 6.03. The van der Waals surface area contributed by atoms with E-state index in [4.69, 9.17) is 11.2 Å². The molecular formula is C19H26N4O2S2. The maximum Gasteiger partial charge on any atom is 0.291 e. The zero-order valence-corrected chi connectivity index (χ0v) is 18.0. The topological polar surface area (TPSA) is 76.0 Å². The largest absolute Gasteiger partial charge is 0.330 e. The number of amides is 2. The maximum atomic E-state index is 12.3. The van der Waals surface area contributed by atoms with Crippen LogP contribution < -0.4 is 10.6 Å². The third-order valence-electron chi connectivity index (χ3n) is 4.36. The van der Waals surface area contributed by atoms with Gasteiger partial charge in [-0.2, -0.15) is 0 Å². The van der Waals surface area contributed by atoms with Gasteiger partial charge in [0.15, 0.2) is 5.82 Å². The summed E-state index contributed by atoms with van der Waals surface area (Å²) in [7, 11) is 1.62. The lowest BCUT2D eigenvalue weighted by molar-refractivity contribution is -0.116. The van der Waals surface area contributed by atoms with E-state index in [9.17, 15) is 9.59 Å². The summed E-state index contributed by atoms with van der Waals surface area (Å²) >= 11 is 5.35. The first-order chi connectivity index (χ1) is 12.6. The van der Waals surface area contributed by atoms with Crippen LogP contribution in [0.5, 0.6) is 0 Å². The molecular weight excluding hydrogens is 380 g/mol. The van der Waals surface area contributed by atoms with E-state index in [1.165, 1.54) is 0 Å². The number of anilines is 2. The van der Waals surface area contributed by atoms with E-state index in [0.717, 1.165) is 12.1 Å². The van der Waals surface area contributed by atoms with Crippen molar-refractivity contribution in [1.82, 2.24) is 9.55 Å². The molecule has 2 aromatic rings. The van der Waals surface area contributed by atoms with Gasteiger partial charge in [0.05, 0.1) is 5.69 Å². The van der Waals surface area contributed by atoms with Crippen molar-refractivity contribution >= 4 is 43.8 Å². The van der Waals surface area contributed by atoms with Crippen molar-refractivity contribution < 1.29 is 9.59 Å². The summed E-state index contributed by atoms with van der Waals surface area (Å²) < 4.78 is 1.66. The monoisotopic (exact) mass is 406 g/mol. The van der Waals surface area contributed by atoms with Crippen LogP contribution in [0.1, 0.15) is 43.0 Å². The molecule has 2 amide bonds. The third kappa shape index (κ3) is 5.97. The second kappa shape index (κ2) is 8.75. The summed E-state index contributed by atoms with van der Waals surface area (Å²) in [6, 6.07) is 7.03. The van der Waals surface area contributed by atoms with E-state index in [2.05, 4.69) is 29.5 Å². The molecule has 1 unspecified atom stereocenters. The van der Waals surface area contributed by atoms with Crippen molar-refractivity contribution in [2.45, 2.75) is 38.4 Å². The smallest absolute Gasteiger partial charge is 0.291 e. The number of aryl methyl sites for hydroxylation is 2. The van der Waals surface area contributed by atoms with Crippen molar-refractivity contribution in [3.8, 4) is 0 Å². The van der Waals surface area contributed by atoms with Gasteiger partial charge in [0, 0.05) is 35.8 Å². The van der Waals surface area contributed by atoms with E-state index >= 15 is 0 Å². The Hall–Kier alpha value is -2.06. The van der Waals surface area contributed by atoms with Gasteiger partial charge in [-0.15, -0.1) is 9.45 Å². The fourth-order valence-electron chi connectivity index (χ4n) is 2.43. The van der Waals surface area contributed by atoms with Gasteiger partial charge < -0.3 is 15.2 Å². The number of carbonyl (C=O) groups excluding carboxylic acids is 2. The van der Waals surface area contributed by atoms with Gasteiger partial charge in [0.2, 0.25) is 5.91 Å². The van der Waals surface area contributed by atoms with Gasteiger partial charge in [-0.25, -0.2) is 4.98 Å². The molecule has 1 heterocycles. The Kier molecular flexibility index (Phi) is 6.89. The first-order valence-electron chi connectivity index (χ1n) is 8.63. The molecule has 1 atom stereocenters. The molecule has 0 aliphatic carbocycles. The number of hydrogen-bond acceptors (Lipinski definition) is 4. The SMILES string of the molecule is Cc1cn(C)c(C(=O)Nc2ccc(NC(=O)CCC(C)(C)S(C)=S)cc2)n1. The van der Waals surface area contributed by atoms with Crippen molar-refractivity contribution in [3.05, 3.63) is 42.0 Å². The number of nitrogens with one attached hydrogen (secondary N) is 2. The molecule has 0 saturated heterocycles. The molecule has 0 spiro atoms. The van der Waals surface area contributed by atoms with E-state index in [1.807, 2.05) is 13.2 Å². The van der Waals surface area contributed by atoms with Crippen LogP contribution in [0, 0.1) is 6.92 Å². The third-order valence-corrected chi connectivity index (χ3v) is 7.47. The lowest BCUT2D eigenvalue weighted by Crippen LogP contribution is -2.27. The second-order valence-electron chi connectivity index (χ2n) is 7.11. The Labute approximate surface area is 167 Å². The highest BCUT2D eigenvalue weighted by molar-refractivity contribution is 8.29. The van der Waals surface area contributed by atoms with E-state index in [0.29, 0.717) is 23.6 Å². The van der Waals surface area contributed by atoms with Crippen LogP contribution in [0.2, 0.25) is 0 Å². The minimum atomic E-state index is -0.275. The molecule has 0 bridgehead atoms. The number of imidazole rings is 1. The molecule has 0 aliphatic heterocycles. The number of aromatic nitrogens is 2. The molecule has 2 rings (SSSR count). The molecule has 0 radical (unpaired) electrons. The second-order valence-corrected chi connectivity index (χ2v) is 10.6. The van der Waals surface area contributed by atoms with Gasteiger partial charge in [0.25, 0.3) is 5.91 Å². The highest BCUT2D eigenvalue weighted by Crippen LogP contribution is 2.20. The fourth-order valence-corrected chi connectivity index (χ4v) is 3.07. The van der Waals surface area contributed by atoms with Crippen molar-refractivity contribution in [3.63, 3.8) is 0 Å². The minimum Gasteiger partial charge on any atom is -0.330 e. The normalized spacial score (nSPS) is 12.5. The lowest BCUT2D eigenvalue weighted by atomic mass is 10.1. The fraction of sp³-hybridized carbons (Fsp3) is 0.421. The number of carbonyl (C=O) groups is 2. The van der Waals surface area contributed by atoms with Crippen LogP contribution in [-0.4, -0.2) is 32.4 Å². The average molecular weight is 407 g/mol. The standard InChI is InChI=1S/C19H26N4O2S2/c1-13-12-23(4)17(20-13)18(25)22-15-8-6-14(7-9-15)21-16(24)10-11-19(2,3)27(5)26/h6-9,12H,10-11H2,1-5H3,(H,21,24)(H,22,25). The zero-order valence-electron chi connectivity index (χ0n) is 16.3. The molecule has 6 nitrogen and oxygen atoms in total. The van der Waals surface area contributed by atoms with Gasteiger partial charge in [-0.05, 0) is 43.9 Å². The molecule has 0 aliphatic rings. The minimum absolute atomic E-state index is 0.0237. The van der Waals surface area contributed by atoms with Gasteiger partial charge in [-0.1, -0.05) is 25.0 Å². The van der Waals surface area contributed by atoms with E-state index in [-0.39, 0.29) is 26.0 Å². The highest BCUT2D eigenvalue weighted by Gasteiger charge is 2.20. The maximum absolute atomic E-state index is 12.3. The molecule has 0 fully saturated rings. The van der Waals surface area contributed by atoms with Crippen LogP contribution >= 0.6 is 0 Å². The van der Waals surface area contributed by atoms with E-state index < -0.39 is 0 Å². The molecule has 27 heavy (non-hydrogen) atoms. The Morgan fingerprint density at radius 2 is 1.74 bits per heavy atom. The number of nitrogens with zero attached hydrogens (tertiary/aromatic N) is 2. The predicted molar refractivity (Wildman–Crippen MR) is 115 cm³/mol. The lowest BCUT2D eigenvalue weighted by Gasteiger charge is -2.23. The Morgan fingerprint density at radius 1 is 1.19 bits per heavy atom. The molecule has 1 aromatic carbocycles. The van der Waals surface area contributed by atoms with Crippen LogP contribution in [0.25, 0.3) is 0 Å². The van der Waals surface area contributed by atoms with Gasteiger partial charge in [-0.3, -0.25) is 9.59 Å². The Balaban J connectivity index is 1.91. The predicted octanol–water partition coefficient (Wildman–Crippen LogP) is 3.19. The van der Waals surface area contributed by atoms with Crippen LogP contribution in [-0.2, 0) is 32.5 Å². The quantitative estimate of drug-likeness (QED) is 0.740. The first kappa shape index (κ1) is 21.2. The van der Waals surface area contributed by atoms with Crippen molar-refractivity contribution in [2.75, 3.05) is 16.9 Å². The van der Waals surface area contributed by atoms with Crippen molar-refractivity contribution in [2.24, 2.45) is 7.05 Å². The van der Waals surface area contributed by atoms with Crippen LogP contribution in [0.15, 0.2) is 30.5 Å². The summed E-state index contributed by atoms with van der Waals surface area (Å²) in [5, 5.41) is 5.68. The molecule has 146 valence electrons. The number of benzene rings is 1. The molecule has 2 N–H and O–H groups in total.